The van der Waals surface area contributed by atoms with E-state index in [-0.39, 0.29) is 0 Å². The van der Waals surface area contributed by atoms with Gasteiger partial charge < -0.3 is 4.74 Å². The van der Waals surface area contributed by atoms with Crippen LogP contribution in [0.15, 0.2) is 0 Å². The zero-order chi connectivity index (χ0) is 7.56. The highest BCUT2D eigenvalue weighted by Gasteiger charge is 2.25. The maximum atomic E-state index is 5.31. The van der Waals surface area contributed by atoms with Crippen molar-refractivity contribution >= 4 is 0 Å². The third-order valence-corrected chi connectivity index (χ3v) is 2.17. The van der Waals surface area contributed by atoms with E-state index in [2.05, 4.69) is 18.7 Å². The molecule has 1 rings (SSSR count). The van der Waals surface area contributed by atoms with Crippen LogP contribution in [0.2, 0.25) is 0 Å². The van der Waals surface area contributed by atoms with Gasteiger partial charge in [0, 0.05) is 19.7 Å². The minimum absolute atomic E-state index is 0.389. The summed E-state index contributed by atoms with van der Waals surface area (Å²) in [6, 6.07) is 0.632. The number of hydrogen-bond donors (Lipinski definition) is 0. The Morgan fingerprint density at radius 2 is 2.20 bits per heavy atom. The van der Waals surface area contributed by atoms with Gasteiger partial charge >= 0.3 is 0 Å². The normalized spacial score (nSPS) is 28.2. The van der Waals surface area contributed by atoms with E-state index in [4.69, 9.17) is 4.74 Å². The number of methoxy groups -OCH3 is 1. The highest BCUT2D eigenvalue weighted by molar-refractivity contribution is 4.74. The van der Waals surface area contributed by atoms with Crippen LogP contribution in [0.3, 0.4) is 0 Å². The molecule has 0 N–H and O–H groups in total. The number of ether oxygens (including phenoxy) is 1. The van der Waals surface area contributed by atoms with Gasteiger partial charge in [-0.3, -0.25) is 4.90 Å². The van der Waals surface area contributed by atoms with Crippen LogP contribution >= 0.6 is 0 Å². The predicted molar refractivity (Wildman–Crippen MR) is 41.9 cm³/mol. The summed E-state index contributed by atoms with van der Waals surface area (Å²) in [7, 11) is 1.80. The molecule has 10 heavy (non-hydrogen) atoms. The van der Waals surface area contributed by atoms with Crippen molar-refractivity contribution in [3.8, 4) is 0 Å². The lowest BCUT2D eigenvalue weighted by Crippen LogP contribution is -2.36. The maximum Gasteiger partial charge on any atom is 0.110 e. The van der Waals surface area contributed by atoms with Gasteiger partial charge in [0.1, 0.15) is 6.23 Å². The van der Waals surface area contributed by atoms with E-state index in [1.807, 2.05) is 0 Å². The second kappa shape index (κ2) is 3.35. The highest BCUT2D eigenvalue weighted by Crippen LogP contribution is 2.19. The molecule has 0 saturated carbocycles. The van der Waals surface area contributed by atoms with Gasteiger partial charge in [-0.15, -0.1) is 0 Å². The van der Waals surface area contributed by atoms with Gasteiger partial charge in [-0.2, -0.15) is 0 Å². The molecule has 0 aromatic heterocycles. The zero-order valence-electron chi connectivity index (χ0n) is 7.13. The molecule has 1 saturated heterocycles. The Kier molecular flexibility index (Phi) is 2.69. The summed E-state index contributed by atoms with van der Waals surface area (Å²) < 4.78 is 5.31. The molecule has 1 aliphatic rings. The molecule has 1 fully saturated rings. The molecule has 0 radical (unpaired) electrons. The first-order valence-corrected chi connectivity index (χ1v) is 4.04. The average molecular weight is 143 g/mol. The molecule has 1 heterocycles. The Morgan fingerprint density at radius 1 is 1.50 bits per heavy atom. The molecular formula is C8H17NO. The van der Waals surface area contributed by atoms with Gasteiger partial charge in [0.25, 0.3) is 0 Å². The van der Waals surface area contributed by atoms with E-state index < -0.39 is 0 Å². The van der Waals surface area contributed by atoms with Crippen LogP contribution in [-0.4, -0.2) is 30.8 Å². The molecule has 0 spiro atoms. The van der Waals surface area contributed by atoms with E-state index in [1.54, 1.807) is 7.11 Å². The van der Waals surface area contributed by atoms with Crippen molar-refractivity contribution in [2.45, 2.75) is 39.0 Å². The number of hydrogen-bond acceptors (Lipinski definition) is 2. The fraction of sp³-hybridized carbons (Fsp3) is 1.00. The molecule has 2 nitrogen and oxygen atoms in total. The summed E-state index contributed by atoms with van der Waals surface area (Å²) in [5.74, 6) is 0. The Labute approximate surface area is 63.2 Å². The third kappa shape index (κ3) is 1.50. The first-order valence-electron chi connectivity index (χ1n) is 4.04. The quantitative estimate of drug-likeness (QED) is 0.580. The molecule has 0 aromatic carbocycles. The summed E-state index contributed by atoms with van der Waals surface area (Å²) in [4.78, 5) is 2.40. The van der Waals surface area contributed by atoms with Crippen LogP contribution in [0.25, 0.3) is 0 Å². The molecule has 0 amide bonds. The summed E-state index contributed by atoms with van der Waals surface area (Å²) in [6.45, 7) is 5.64. The van der Waals surface area contributed by atoms with Gasteiger partial charge in [-0.25, -0.2) is 0 Å². The Hall–Kier alpha value is -0.0800. The molecular weight excluding hydrogens is 126 g/mol. The van der Waals surface area contributed by atoms with Crippen molar-refractivity contribution < 1.29 is 4.74 Å². The lowest BCUT2D eigenvalue weighted by Gasteiger charge is -2.26. The Morgan fingerprint density at radius 3 is 2.60 bits per heavy atom. The topological polar surface area (TPSA) is 12.5 Å². The van der Waals surface area contributed by atoms with E-state index in [0.717, 1.165) is 0 Å². The molecule has 0 aliphatic carbocycles. The SMILES string of the molecule is COC1CCCN1C(C)C. The van der Waals surface area contributed by atoms with Crippen molar-refractivity contribution in [2.75, 3.05) is 13.7 Å². The van der Waals surface area contributed by atoms with Crippen molar-refractivity contribution in [3.63, 3.8) is 0 Å². The molecule has 1 aliphatic heterocycles. The van der Waals surface area contributed by atoms with Gasteiger partial charge in [0.05, 0.1) is 0 Å². The van der Waals surface area contributed by atoms with E-state index in [0.29, 0.717) is 12.3 Å². The van der Waals surface area contributed by atoms with Crippen LogP contribution in [-0.2, 0) is 4.74 Å². The smallest absolute Gasteiger partial charge is 0.110 e. The molecule has 60 valence electrons. The standard InChI is InChI=1S/C8H17NO/c1-7(2)9-6-4-5-8(9)10-3/h7-8H,4-6H2,1-3H3. The van der Waals surface area contributed by atoms with Crippen LogP contribution in [0.5, 0.6) is 0 Å². The maximum absolute atomic E-state index is 5.31. The first-order chi connectivity index (χ1) is 4.75. The predicted octanol–water partition coefficient (Wildman–Crippen LogP) is 1.46. The monoisotopic (exact) mass is 143 g/mol. The lowest BCUT2D eigenvalue weighted by molar-refractivity contribution is -0.0193. The zero-order valence-corrected chi connectivity index (χ0v) is 7.13. The van der Waals surface area contributed by atoms with Crippen LogP contribution in [0.4, 0.5) is 0 Å². The molecule has 2 heteroatoms. The van der Waals surface area contributed by atoms with Crippen molar-refractivity contribution in [1.82, 2.24) is 4.90 Å². The largest absolute Gasteiger partial charge is 0.366 e. The number of rotatable bonds is 2. The van der Waals surface area contributed by atoms with E-state index in [1.165, 1.54) is 19.4 Å². The van der Waals surface area contributed by atoms with Crippen LogP contribution in [0, 0.1) is 0 Å². The minimum atomic E-state index is 0.389. The van der Waals surface area contributed by atoms with E-state index in [9.17, 15) is 0 Å². The van der Waals surface area contributed by atoms with Crippen LogP contribution < -0.4 is 0 Å². The third-order valence-electron chi connectivity index (χ3n) is 2.17. The second-order valence-corrected chi connectivity index (χ2v) is 3.16. The fourth-order valence-corrected chi connectivity index (χ4v) is 1.60. The number of nitrogens with zero attached hydrogens (tertiary/aromatic N) is 1. The van der Waals surface area contributed by atoms with Crippen molar-refractivity contribution in [1.29, 1.82) is 0 Å². The van der Waals surface area contributed by atoms with Gasteiger partial charge in [-0.05, 0) is 26.7 Å². The summed E-state index contributed by atoms with van der Waals surface area (Å²) in [5, 5.41) is 0. The van der Waals surface area contributed by atoms with Crippen molar-refractivity contribution in [3.05, 3.63) is 0 Å². The molecule has 1 unspecified atom stereocenters. The second-order valence-electron chi connectivity index (χ2n) is 3.16. The summed E-state index contributed by atoms with van der Waals surface area (Å²) in [5.41, 5.74) is 0. The molecule has 0 aromatic rings. The van der Waals surface area contributed by atoms with Gasteiger partial charge in [0.2, 0.25) is 0 Å². The van der Waals surface area contributed by atoms with Gasteiger partial charge in [-0.1, -0.05) is 0 Å². The van der Waals surface area contributed by atoms with Crippen LogP contribution in [0.1, 0.15) is 26.7 Å². The first kappa shape index (κ1) is 8.02. The Balaban J connectivity index is 2.42. The van der Waals surface area contributed by atoms with E-state index >= 15 is 0 Å². The highest BCUT2D eigenvalue weighted by atomic mass is 16.5. The minimum Gasteiger partial charge on any atom is -0.366 e. The summed E-state index contributed by atoms with van der Waals surface area (Å²) in [6.07, 6.45) is 2.88. The fourth-order valence-electron chi connectivity index (χ4n) is 1.60. The molecule has 1 atom stereocenters. The number of likely N-dealkylation sites (tertiary alicyclic amines) is 1. The average Bonchev–Trinajstić information content (AvgIpc) is 2.33. The molecule has 0 bridgehead atoms. The Bertz CT molecular complexity index is 103. The van der Waals surface area contributed by atoms with Crippen molar-refractivity contribution in [2.24, 2.45) is 0 Å². The van der Waals surface area contributed by atoms with Gasteiger partial charge in [0.15, 0.2) is 0 Å². The lowest BCUT2D eigenvalue weighted by atomic mass is 10.3. The summed E-state index contributed by atoms with van der Waals surface area (Å²) >= 11 is 0.